The molecule has 0 saturated carbocycles. The predicted octanol–water partition coefficient (Wildman–Crippen LogP) is 5.32. The highest BCUT2D eigenvalue weighted by molar-refractivity contribution is 5.76. The summed E-state index contributed by atoms with van der Waals surface area (Å²) in [7, 11) is 0. The average molecular weight is 884 g/mol. The van der Waals surface area contributed by atoms with E-state index in [1.54, 1.807) is 0 Å². The molecule has 0 bridgehead atoms. The van der Waals surface area contributed by atoms with E-state index < -0.39 is 86.8 Å². The summed E-state index contributed by atoms with van der Waals surface area (Å²) in [6.07, 6.45) is 23.8. The largest absolute Gasteiger partial charge is 0.394 e. The third kappa shape index (κ3) is 22.7. The summed E-state index contributed by atoms with van der Waals surface area (Å²) >= 11 is 0. The normalized spacial score (nSPS) is 28.2. The third-order valence-electron chi connectivity index (χ3n) is 11.6. The third-order valence-corrected chi connectivity index (χ3v) is 11.6. The molecule has 14 heteroatoms. The van der Waals surface area contributed by atoms with Crippen molar-refractivity contribution in [3.05, 3.63) is 48.6 Å². The van der Waals surface area contributed by atoms with Gasteiger partial charge in [-0.2, -0.15) is 0 Å². The zero-order chi connectivity index (χ0) is 45.4. The molecule has 2 rings (SSSR count). The molecule has 0 aliphatic carbocycles. The van der Waals surface area contributed by atoms with E-state index in [-0.39, 0.29) is 12.5 Å². The number of allylic oxidation sites excluding steroid dienone is 8. The second-order valence-electron chi connectivity index (χ2n) is 16.9. The van der Waals surface area contributed by atoms with E-state index in [0.717, 1.165) is 77.0 Å². The Morgan fingerprint density at radius 3 is 1.68 bits per heavy atom. The number of carbonyl (C=O) groups excluding carboxylic acids is 1. The van der Waals surface area contributed by atoms with Crippen molar-refractivity contribution < 1.29 is 64.6 Å². The fraction of sp³-hybridized carbons (Fsp3) is 0.812. The van der Waals surface area contributed by atoms with E-state index in [1.165, 1.54) is 51.4 Å². The van der Waals surface area contributed by atoms with Crippen molar-refractivity contribution >= 4 is 5.91 Å². The summed E-state index contributed by atoms with van der Waals surface area (Å²) < 4.78 is 22.5. The van der Waals surface area contributed by atoms with Crippen molar-refractivity contribution in [2.45, 2.75) is 229 Å². The van der Waals surface area contributed by atoms with Crippen LogP contribution in [-0.2, 0) is 23.7 Å². The van der Waals surface area contributed by atoms with E-state index in [4.69, 9.17) is 18.9 Å². The zero-order valence-electron chi connectivity index (χ0n) is 37.8. The molecule has 1 amide bonds. The fourth-order valence-electron chi connectivity index (χ4n) is 7.64. The van der Waals surface area contributed by atoms with Crippen LogP contribution in [0.2, 0.25) is 0 Å². The maximum atomic E-state index is 13.0. The van der Waals surface area contributed by atoms with Crippen LogP contribution in [0.5, 0.6) is 0 Å². The van der Waals surface area contributed by atoms with Gasteiger partial charge in [-0.3, -0.25) is 4.79 Å². The number of rotatable bonds is 35. The number of hydrogen-bond donors (Lipinski definition) is 9. The van der Waals surface area contributed by atoms with E-state index in [0.29, 0.717) is 12.8 Å². The molecule has 0 aromatic rings. The summed E-state index contributed by atoms with van der Waals surface area (Å²) in [6, 6.07) is -0.826. The molecule has 0 aromatic carbocycles. The minimum Gasteiger partial charge on any atom is -0.394 e. The maximum absolute atomic E-state index is 13.0. The summed E-state index contributed by atoms with van der Waals surface area (Å²) in [4.78, 5) is 13.0. The van der Waals surface area contributed by atoms with Crippen LogP contribution in [0.1, 0.15) is 155 Å². The molecule has 360 valence electrons. The molecular weight excluding hydrogens is 799 g/mol. The van der Waals surface area contributed by atoms with Crippen molar-refractivity contribution in [2.24, 2.45) is 0 Å². The SMILES string of the molecule is CC/C=C\C/C=C\C/C=C\C/C=C\CCCCCCCCCCCCCCC(=O)NC(COC1OC(CO)C(OC2OC(CO)C(O)C(O)C2O)C(O)C1O)C(O)CCCCC. The minimum absolute atomic E-state index is 0.224. The van der Waals surface area contributed by atoms with Gasteiger partial charge in [-0.05, 0) is 51.4 Å². The number of aliphatic hydroxyl groups is 8. The van der Waals surface area contributed by atoms with Gasteiger partial charge in [0.2, 0.25) is 5.91 Å². The van der Waals surface area contributed by atoms with E-state index in [1.807, 2.05) is 6.92 Å². The van der Waals surface area contributed by atoms with Gasteiger partial charge in [-0.25, -0.2) is 0 Å². The molecule has 14 nitrogen and oxygen atoms in total. The van der Waals surface area contributed by atoms with Crippen LogP contribution >= 0.6 is 0 Å². The maximum Gasteiger partial charge on any atom is 0.220 e. The fourth-order valence-corrected chi connectivity index (χ4v) is 7.64. The molecule has 12 unspecified atom stereocenters. The van der Waals surface area contributed by atoms with Gasteiger partial charge in [-0.15, -0.1) is 0 Å². The number of nitrogens with one attached hydrogen (secondary N) is 1. The lowest BCUT2D eigenvalue weighted by Crippen LogP contribution is -2.65. The van der Waals surface area contributed by atoms with Gasteiger partial charge < -0.3 is 65.1 Å². The summed E-state index contributed by atoms with van der Waals surface area (Å²) in [5.74, 6) is -0.224. The Balaban J connectivity index is 1.63. The second kappa shape index (κ2) is 35.2. The quantitative estimate of drug-likeness (QED) is 0.0291. The van der Waals surface area contributed by atoms with Gasteiger partial charge in [0.15, 0.2) is 12.6 Å². The second-order valence-corrected chi connectivity index (χ2v) is 16.9. The number of carbonyl (C=O) groups is 1. The van der Waals surface area contributed by atoms with E-state index in [9.17, 15) is 45.6 Å². The molecule has 12 atom stereocenters. The molecule has 2 saturated heterocycles. The lowest BCUT2D eigenvalue weighted by atomic mass is 9.97. The highest BCUT2D eigenvalue weighted by atomic mass is 16.7. The Morgan fingerprint density at radius 2 is 1.11 bits per heavy atom. The van der Waals surface area contributed by atoms with Crippen LogP contribution in [-0.4, -0.2) is 140 Å². The molecule has 2 fully saturated rings. The Labute approximate surface area is 372 Å². The van der Waals surface area contributed by atoms with Gasteiger partial charge in [0.25, 0.3) is 0 Å². The first-order valence-corrected chi connectivity index (χ1v) is 23.9. The predicted molar refractivity (Wildman–Crippen MR) is 240 cm³/mol. The van der Waals surface area contributed by atoms with E-state index >= 15 is 0 Å². The van der Waals surface area contributed by atoms with Crippen LogP contribution < -0.4 is 5.32 Å². The molecule has 2 heterocycles. The number of ether oxygens (including phenoxy) is 4. The molecule has 0 aromatic heterocycles. The van der Waals surface area contributed by atoms with Crippen molar-refractivity contribution in [2.75, 3.05) is 19.8 Å². The minimum atomic E-state index is -1.78. The lowest BCUT2D eigenvalue weighted by molar-refractivity contribution is -0.359. The molecular formula is C48H85NO13. The van der Waals surface area contributed by atoms with Gasteiger partial charge in [0.1, 0.15) is 48.8 Å². The molecule has 2 aliphatic heterocycles. The summed E-state index contributed by atoms with van der Waals surface area (Å²) in [5.41, 5.74) is 0. The summed E-state index contributed by atoms with van der Waals surface area (Å²) in [5, 5.41) is 85.9. The Morgan fingerprint density at radius 1 is 0.597 bits per heavy atom. The standard InChI is InChI=1S/C48H85NO13/c1-3-5-7-8-9-10-11-12-13-14-15-16-17-18-19-20-21-22-23-24-25-26-27-28-30-32-40(53)49-36(37(52)31-29-6-4-2)35-59-47-45(58)43(56)46(39(34-51)61-47)62-48-44(57)42(55)41(54)38(33-50)60-48/h5,7,9-10,12-13,15-16,36-39,41-48,50-52,54-58H,3-4,6,8,11,14,17-35H2,1-2H3,(H,49,53)/b7-5-,10-9-,13-12-,16-15-. The van der Waals surface area contributed by atoms with E-state index in [2.05, 4.69) is 60.8 Å². The topological polar surface area (TPSA) is 228 Å². The van der Waals surface area contributed by atoms with Crippen LogP contribution in [0.15, 0.2) is 48.6 Å². The van der Waals surface area contributed by atoms with Crippen LogP contribution in [0.4, 0.5) is 0 Å². The monoisotopic (exact) mass is 884 g/mol. The molecule has 0 spiro atoms. The van der Waals surface area contributed by atoms with Crippen LogP contribution in [0.3, 0.4) is 0 Å². The smallest absolute Gasteiger partial charge is 0.220 e. The first-order chi connectivity index (χ1) is 30.1. The van der Waals surface area contributed by atoms with Crippen molar-refractivity contribution in [3.8, 4) is 0 Å². The van der Waals surface area contributed by atoms with Crippen molar-refractivity contribution in [1.82, 2.24) is 5.32 Å². The Kier molecular flexibility index (Phi) is 31.9. The Hall–Kier alpha value is -2.05. The summed E-state index contributed by atoms with van der Waals surface area (Å²) in [6.45, 7) is 2.54. The highest BCUT2D eigenvalue weighted by Gasteiger charge is 2.51. The first kappa shape index (κ1) is 56.1. The van der Waals surface area contributed by atoms with Gasteiger partial charge in [0.05, 0.1) is 32.0 Å². The lowest BCUT2D eigenvalue weighted by Gasteiger charge is -2.46. The number of hydrogen-bond acceptors (Lipinski definition) is 13. The van der Waals surface area contributed by atoms with Crippen LogP contribution in [0.25, 0.3) is 0 Å². The zero-order valence-corrected chi connectivity index (χ0v) is 37.8. The average Bonchev–Trinajstić information content (AvgIpc) is 3.27. The first-order valence-electron chi connectivity index (χ1n) is 23.9. The molecule has 62 heavy (non-hydrogen) atoms. The molecule has 2 aliphatic rings. The number of amides is 1. The molecule has 0 radical (unpaired) electrons. The van der Waals surface area contributed by atoms with Gasteiger partial charge in [0, 0.05) is 6.42 Å². The Bertz CT molecular complexity index is 1230. The number of unbranched alkanes of at least 4 members (excludes halogenated alkanes) is 14. The van der Waals surface area contributed by atoms with Gasteiger partial charge >= 0.3 is 0 Å². The van der Waals surface area contributed by atoms with Gasteiger partial charge in [-0.1, -0.05) is 146 Å². The highest BCUT2D eigenvalue weighted by Crippen LogP contribution is 2.30. The number of aliphatic hydroxyl groups excluding tert-OH is 8. The van der Waals surface area contributed by atoms with Crippen molar-refractivity contribution in [1.29, 1.82) is 0 Å². The van der Waals surface area contributed by atoms with Crippen molar-refractivity contribution in [3.63, 3.8) is 0 Å². The van der Waals surface area contributed by atoms with Crippen LogP contribution in [0, 0.1) is 0 Å². The molecule has 9 N–H and O–H groups in total.